The second kappa shape index (κ2) is 27.3. The van der Waals surface area contributed by atoms with Crippen molar-refractivity contribution in [1.82, 2.24) is 0 Å². The van der Waals surface area contributed by atoms with Crippen LogP contribution in [0.1, 0.15) is 168 Å². The summed E-state index contributed by atoms with van der Waals surface area (Å²) >= 11 is 0. The molecule has 35 heavy (non-hydrogen) atoms. The van der Waals surface area contributed by atoms with E-state index in [-0.39, 0.29) is 18.5 Å². The zero-order chi connectivity index (χ0) is 25.8. The van der Waals surface area contributed by atoms with Crippen LogP contribution in [0.5, 0.6) is 0 Å². The molecular formula is C31H58O4. The van der Waals surface area contributed by atoms with Crippen LogP contribution < -0.4 is 0 Å². The molecule has 0 heterocycles. The number of carboxylic acid groups (broad SMARTS) is 1. The van der Waals surface area contributed by atoms with Crippen molar-refractivity contribution in [2.24, 2.45) is 0 Å². The van der Waals surface area contributed by atoms with Crippen molar-refractivity contribution in [2.75, 3.05) is 0 Å². The van der Waals surface area contributed by atoms with E-state index in [1.807, 2.05) is 0 Å². The smallest absolute Gasteiger partial charge is 0.306 e. The molecule has 0 aromatic heterocycles. The molecule has 4 heteroatoms. The summed E-state index contributed by atoms with van der Waals surface area (Å²) in [5.41, 5.74) is 0. The SMILES string of the molecule is CCCC/C=C\CCCCCCCCC(=O)OC(CCCCCC)CCCCCCCCC(=O)O. The fourth-order valence-corrected chi connectivity index (χ4v) is 4.46. The lowest BCUT2D eigenvalue weighted by Gasteiger charge is -2.18. The summed E-state index contributed by atoms with van der Waals surface area (Å²) in [6.07, 6.45) is 30.8. The third-order valence-corrected chi connectivity index (χ3v) is 6.74. The average Bonchev–Trinajstić information content (AvgIpc) is 2.83. The summed E-state index contributed by atoms with van der Waals surface area (Å²) < 4.78 is 5.89. The van der Waals surface area contributed by atoms with Crippen molar-refractivity contribution in [2.45, 2.75) is 174 Å². The molecule has 0 saturated carbocycles. The lowest BCUT2D eigenvalue weighted by atomic mass is 10.0. The Labute approximate surface area is 217 Å². The van der Waals surface area contributed by atoms with Gasteiger partial charge < -0.3 is 9.84 Å². The summed E-state index contributed by atoms with van der Waals surface area (Å²) in [5, 5.41) is 8.70. The van der Waals surface area contributed by atoms with Crippen molar-refractivity contribution in [3.63, 3.8) is 0 Å². The van der Waals surface area contributed by atoms with Crippen LogP contribution in [0.4, 0.5) is 0 Å². The van der Waals surface area contributed by atoms with Gasteiger partial charge in [0.15, 0.2) is 0 Å². The topological polar surface area (TPSA) is 63.6 Å². The summed E-state index contributed by atoms with van der Waals surface area (Å²) in [5.74, 6) is -0.699. The number of carbonyl (C=O) groups excluding carboxylic acids is 1. The number of esters is 1. The highest BCUT2D eigenvalue weighted by Crippen LogP contribution is 2.18. The Morgan fingerprint density at radius 2 is 1.06 bits per heavy atom. The summed E-state index contributed by atoms with van der Waals surface area (Å²) in [4.78, 5) is 23.0. The van der Waals surface area contributed by atoms with Crippen LogP contribution in [0.15, 0.2) is 12.2 Å². The van der Waals surface area contributed by atoms with Crippen LogP contribution in [0.25, 0.3) is 0 Å². The Morgan fingerprint density at radius 1 is 0.600 bits per heavy atom. The number of hydrogen-bond donors (Lipinski definition) is 1. The molecule has 0 aromatic carbocycles. The monoisotopic (exact) mass is 494 g/mol. The summed E-state index contributed by atoms with van der Waals surface area (Å²) in [6, 6.07) is 0. The van der Waals surface area contributed by atoms with Gasteiger partial charge in [0, 0.05) is 12.8 Å². The Balaban J connectivity index is 3.88. The van der Waals surface area contributed by atoms with Crippen LogP contribution in [-0.2, 0) is 14.3 Å². The van der Waals surface area contributed by atoms with E-state index in [0.29, 0.717) is 6.42 Å². The van der Waals surface area contributed by atoms with Crippen LogP contribution in [0.3, 0.4) is 0 Å². The van der Waals surface area contributed by atoms with Gasteiger partial charge in [-0.3, -0.25) is 9.59 Å². The van der Waals surface area contributed by atoms with Crippen LogP contribution in [0.2, 0.25) is 0 Å². The van der Waals surface area contributed by atoms with E-state index >= 15 is 0 Å². The molecule has 0 saturated heterocycles. The number of carbonyl (C=O) groups is 2. The maximum atomic E-state index is 12.4. The molecule has 4 nitrogen and oxygen atoms in total. The third kappa shape index (κ3) is 27.1. The molecule has 206 valence electrons. The zero-order valence-corrected chi connectivity index (χ0v) is 23.4. The Bertz CT molecular complexity index is 500. The largest absolute Gasteiger partial charge is 0.481 e. The summed E-state index contributed by atoms with van der Waals surface area (Å²) in [6.45, 7) is 4.46. The Hall–Kier alpha value is -1.32. The first kappa shape index (κ1) is 33.7. The number of ether oxygens (including phenoxy) is 1. The van der Waals surface area contributed by atoms with E-state index in [2.05, 4.69) is 26.0 Å². The molecule has 0 spiro atoms. The van der Waals surface area contributed by atoms with E-state index < -0.39 is 5.97 Å². The number of hydrogen-bond acceptors (Lipinski definition) is 3. The molecule has 0 radical (unpaired) electrons. The Morgan fingerprint density at radius 3 is 1.63 bits per heavy atom. The van der Waals surface area contributed by atoms with Gasteiger partial charge in [-0.2, -0.15) is 0 Å². The number of carboxylic acids is 1. The van der Waals surface area contributed by atoms with Gasteiger partial charge in [0.2, 0.25) is 0 Å². The zero-order valence-electron chi connectivity index (χ0n) is 23.4. The normalized spacial score (nSPS) is 12.3. The minimum Gasteiger partial charge on any atom is -0.481 e. The van der Waals surface area contributed by atoms with E-state index in [1.54, 1.807) is 0 Å². The molecule has 0 amide bonds. The van der Waals surface area contributed by atoms with Gasteiger partial charge in [0.05, 0.1) is 0 Å². The van der Waals surface area contributed by atoms with Gasteiger partial charge in [-0.1, -0.05) is 109 Å². The van der Waals surface area contributed by atoms with Gasteiger partial charge >= 0.3 is 11.9 Å². The molecule has 1 N–H and O–H groups in total. The molecular weight excluding hydrogens is 436 g/mol. The van der Waals surface area contributed by atoms with E-state index in [1.165, 1.54) is 70.6 Å². The summed E-state index contributed by atoms with van der Waals surface area (Å²) in [7, 11) is 0. The van der Waals surface area contributed by atoms with E-state index in [9.17, 15) is 9.59 Å². The van der Waals surface area contributed by atoms with Crippen LogP contribution in [-0.4, -0.2) is 23.1 Å². The van der Waals surface area contributed by atoms with Crippen molar-refractivity contribution >= 4 is 11.9 Å². The molecule has 0 aliphatic heterocycles. The first-order valence-corrected chi connectivity index (χ1v) is 15.2. The molecule has 0 aliphatic rings. The molecule has 1 atom stereocenters. The van der Waals surface area contributed by atoms with Crippen molar-refractivity contribution in [3.8, 4) is 0 Å². The quantitative estimate of drug-likeness (QED) is 0.0701. The van der Waals surface area contributed by atoms with Gasteiger partial charge in [-0.25, -0.2) is 0 Å². The second-order valence-corrected chi connectivity index (χ2v) is 10.3. The van der Waals surface area contributed by atoms with Gasteiger partial charge in [0.25, 0.3) is 0 Å². The second-order valence-electron chi connectivity index (χ2n) is 10.3. The van der Waals surface area contributed by atoms with Gasteiger partial charge in [-0.15, -0.1) is 0 Å². The predicted octanol–water partition coefficient (Wildman–Crippen LogP) is 9.94. The standard InChI is InChI=1S/C31H58O4/c1-3-5-7-9-10-11-12-13-14-15-20-24-28-31(34)35-29(25-21-8-6-4-2)26-22-18-16-17-19-23-27-30(32)33/h9-10,29H,3-8,11-28H2,1-2H3,(H,32,33)/b10-9-. The number of aliphatic carboxylic acids is 1. The highest BCUT2D eigenvalue weighted by atomic mass is 16.5. The van der Waals surface area contributed by atoms with E-state index in [4.69, 9.17) is 9.84 Å². The molecule has 1 unspecified atom stereocenters. The average molecular weight is 495 g/mol. The fraction of sp³-hybridized carbons (Fsp3) is 0.871. The lowest BCUT2D eigenvalue weighted by Crippen LogP contribution is -2.18. The van der Waals surface area contributed by atoms with Gasteiger partial charge in [-0.05, 0) is 57.8 Å². The number of rotatable bonds is 27. The minimum absolute atomic E-state index is 0.00335. The molecule has 0 bridgehead atoms. The van der Waals surface area contributed by atoms with Crippen LogP contribution in [0, 0.1) is 0 Å². The first-order chi connectivity index (χ1) is 17.1. The maximum Gasteiger partial charge on any atom is 0.306 e. The number of unbranched alkanes of at least 4 members (excludes halogenated alkanes) is 16. The molecule has 0 fully saturated rings. The van der Waals surface area contributed by atoms with E-state index in [0.717, 1.165) is 70.6 Å². The first-order valence-electron chi connectivity index (χ1n) is 15.2. The van der Waals surface area contributed by atoms with Crippen molar-refractivity contribution < 1.29 is 19.4 Å². The lowest BCUT2D eigenvalue weighted by molar-refractivity contribution is -0.150. The maximum absolute atomic E-state index is 12.4. The third-order valence-electron chi connectivity index (χ3n) is 6.74. The highest BCUT2D eigenvalue weighted by molar-refractivity contribution is 5.69. The fourth-order valence-electron chi connectivity index (χ4n) is 4.46. The van der Waals surface area contributed by atoms with Crippen LogP contribution >= 0.6 is 0 Å². The molecule has 0 aromatic rings. The Kier molecular flexibility index (Phi) is 26.2. The van der Waals surface area contributed by atoms with Crippen molar-refractivity contribution in [1.29, 1.82) is 0 Å². The molecule has 0 aliphatic carbocycles. The minimum atomic E-state index is -0.695. The highest BCUT2D eigenvalue weighted by Gasteiger charge is 2.14. The molecule has 0 rings (SSSR count). The number of allylic oxidation sites excluding steroid dienone is 2. The predicted molar refractivity (Wildman–Crippen MR) is 149 cm³/mol. The van der Waals surface area contributed by atoms with Gasteiger partial charge in [0.1, 0.15) is 6.10 Å². The van der Waals surface area contributed by atoms with Crippen molar-refractivity contribution in [3.05, 3.63) is 12.2 Å².